The first-order valence-electron chi connectivity index (χ1n) is 4.56. The van der Waals surface area contributed by atoms with Crippen LogP contribution in [0.3, 0.4) is 0 Å². The van der Waals surface area contributed by atoms with Crippen molar-refractivity contribution < 1.29 is 13.9 Å². The van der Waals surface area contributed by atoms with Crippen LogP contribution in [0.2, 0.25) is 0 Å². The molecule has 0 bridgehead atoms. The van der Waals surface area contributed by atoms with Gasteiger partial charge in [0.1, 0.15) is 5.82 Å². The Bertz CT molecular complexity index is 366. The van der Waals surface area contributed by atoms with Crippen LogP contribution in [-0.4, -0.2) is 19.0 Å². The molecule has 82 valence electrons. The molecule has 15 heavy (non-hydrogen) atoms. The smallest absolute Gasteiger partial charge is 0.168 e. The van der Waals surface area contributed by atoms with Crippen LogP contribution in [-0.2, 0) is 4.74 Å². The number of ether oxygens (including phenoxy) is 1. The molecule has 0 aromatic heterocycles. The van der Waals surface area contributed by atoms with E-state index in [4.69, 9.17) is 4.74 Å². The van der Waals surface area contributed by atoms with Gasteiger partial charge < -0.3 is 4.74 Å². The molecule has 1 aromatic rings. The molecule has 1 atom stereocenters. The van der Waals surface area contributed by atoms with Gasteiger partial charge in [0.25, 0.3) is 0 Å². The number of hydrogen-bond donors (Lipinski definition) is 0. The minimum atomic E-state index is -0.509. The zero-order valence-corrected chi connectivity index (χ0v) is 10.2. The monoisotopic (exact) mass is 274 g/mol. The number of hydrogen-bond acceptors (Lipinski definition) is 2. The standard InChI is InChI=1S/C11H12BrFO2/c1-7(15-2)6-10(14)8-4-3-5-9(12)11(8)13/h3-5,7H,6H2,1-2H3. The lowest BCUT2D eigenvalue weighted by Gasteiger charge is -2.09. The van der Waals surface area contributed by atoms with Crippen molar-refractivity contribution in [2.24, 2.45) is 0 Å². The highest BCUT2D eigenvalue weighted by Crippen LogP contribution is 2.20. The van der Waals surface area contributed by atoms with Gasteiger partial charge in [-0.2, -0.15) is 0 Å². The normalized spacial score (nSPS) is 12.5. The van der Waals surface area contributed by atoms with E-state index in [0.717, 1.165) is 0 Å². The van der Waals surface area contributed by atoms with Gasteiger partial charge in [-0.05, 0) is 35.0 Å². The maximum atomic E-state index is 13.5. The van der Waals surface area contributed by atoms with Crippen LogP contribution in [0.4, 0.5) is 4.39 Å². The lowest BCUT2D eigenvalue weighted by Crippen LogP contribution is -2.13. The van der Waals surface area contributed by atoms with Gasteiger partial charge in [-0.1, -0.05) is 6.07 Å². The van der Waals surface area contributed by atoms with Gasteiger partial charge in [-0.3, -0.25) is 4.79 Å². The molecule has 1 unspecified atom stereocenters. The lowest BCUT2D eigenvalue weighted by atomic mass is 10.1. The van der Waals surface area contributed by atoms with Crippen molar-refractivity contribution in [3.63, 3.8) is 0 Å². The maximum absolute atomic E-state index is 13.5. The van der Waals surface area contributed by atoms with Crippen molar-refractivity contribution >= 4 is 21.7 Å². The average molecular weight is 275 g/mol. The second kappa shape index (κ2) is 5.37. The predicted molar refractivity (Wildman–Crippen MR) is 59.5 cm³/mol. The summed E-state index contributed by atoms with van der Waals surface area (Å²) in [6, 6.07) is 4.68. The molecule has 2 nitrogen and oxygen atoms in total. The summed E-state index contributed by atoms with van der Waals surface area (Å²) in [6.07, 6.45) is -0.0139. The van der Waals surface area contributed by atoms with Crippen molar-refractivity contribution in [3.8, 4) is 0 Å². The third kappa shape index (κ3) is 3.11. The van der Waals surface area contributed by atoms with E-state index in [9.17, 15) is 9.18 Å². The molecule has 0 saturated heterocycles. The van der Waals surface area contributed by atoms with Gasteiger partial charge in [0.2, 0.25) is 0 Å². The van der Waals surface area contributed by atoms with Gasteiger partial charge in [0.05, 0.1) is 16.1 Å². The fraction of sp³-hybridized carbons (Fsp3) is 0.364. The van der Waals surface area contributed by atoms with Gasteiger partial charge in [-0.25, -0.2) is 4.39 Å². The van der Waals surface area contributed by atoms with Crippen LogP contribution in [0, 0.1) is 5.82 Å². The minimum Gasteiger partial charge on any atom is -0.381 e. The molecule has 0 aliphatic heterocycles. The average Bonchev–Trinajstić information content (AvgIpc) is 2.21. The van der Waals surface area contributed by atoms with Crippen LogP contribution in [0.25, 0.3) is 0 Å². The van der Waals surface area contributed by atoms with E-state index in [1.54, 1.807) is 19.1 Å². The first-order chi connectivity index (χ1) is 7.06. The first kappa shape index (κ1) is 12.3. The van der Waals surface area contributed by atoms with E-state index < -0.39 is 5.82 Å². The van der Waals surface area contributed by atoms with Crippen molar-refractivity contribution in [1.29, 1.82) is 0 Å². The van der Waals surface area contributed by atoms with Crippen LogP contribution >= 0.6 is 15.9 Å². The Balaban J connectivity index is 2.87. The molecular formula is C11H12BrFO2. The molecule has 0 aliphatic carbocycles. The Morgan fingerprint density at radius 1 is 1.60 bits per heavy atom. The third-order valence-corrected chi connectivity index (χ3v) is 2.74. The molecule has 1 rings (SSSR count). The Morgan fingerprint density at radius 3 is 2.87 bits per heavy atom. The van der Waals surface area contributed by atoms with Crippen molar-refractivity contribution in [2.75, 3.05) is 7.11 Å². The molecular weight excluding hydrogens is 263 g/mol. The quantitative estimate of drug-likeness (QED) is 0.789. The van der Waals surface area contributed by atoms with E-state index in [-0.39, 0.29) is 23.9 Å². The highest BCUT2D eigenvalue weighted by Gasteiger charge is 2.16. The second-order valence-corrected chi connectivity index (χ2v) is 4.13. The number of methoxy groups -OCH3 is 1. The number of halogens is 2. The van der Waals surface area contributed by atoms with Gasteiger partial charge in [0, 0.05) is 13.5 Å². The molecule has 0 spiro atoms. The number of ketones is 1. The Hall–Kier alpha value is -0.740. The predicted octanol–water partition coefficient (Wildman–Crippen LogP) is 3.20. The fourth-order valence-electron chi connectivity index (χ4n) is 1.17. The zero-order chi connectivity index (χ0) is 11.4. The summed E-state index contributed by atoms with van der Waals surface area (Å²) in [6.45, 7) is 1.77. The summed E-state index contributed by atoms with van der Waals surface area (Å²) in [4.78, 5) is 11.6. The molecule has 0 radical (unpaired) electrons. The summed E-state index contributed by atoms with van der Waals surface area (Å²) < 4.78 is 18.8. The Labute approximate surface area is 96.6 Å². The van der Waals surface area contributed by atoms with E-state index >= 15 is 0 Å². The van der Waals surface area contributed by atoms with E-state index in [1.165, 1.54) is 13.2 Å². The summed E-state index contributed by atoms with van der Waals surface area (Å²) in [5, 5.41) is 0. The second-order valence-electron chi connectivity index (χ2n) is 3.27. The molecule has 0 heterocycles. The molecule has 0 amide bonds. The van der Waals surface area contributed by atoms with Crippen LogP contribution < -0.4 is 0 Å². The third-order valence-electron chi connectivity index (χ3n) is 2.13. The highest BCUT2D eigenvalue weighted by molar-refractivity contribution is 9.10. The summed E-state index contributed by atoms with van der Waals surface area (Å²) in [5.74, 6) is -0.756. The number of benzene rings is 1. The van der Waals surface area contributed by atoms with Crippen molar-refractivity contribution in [3.05, 3.63) is 34.1 Å². The summed E-state index contributed by atoms with van der Waals surface area (Å²) >= 11 is 3.04. The minimum absolute atomic E-state index is 0.105. The van der Waals surface area contributed by atoms with Crippen LogP contribution in [0.1, 0.15) is 23.7 Å². The highest BCUT2D eigenvalue weighted by atomic mass is 79.9. The molecule has 4 heteroatoms. The molecule has 1 aromatic carbocycles. The summed E-state index contributed by atoms with van der Waals surface area (Å²) in [5.41, 5.74) is 0.105. The van der Waals surface area contributed by atoms with E-state index in [1.807, 2.05) is 0 Å². The zero-order valence-electron chi connectivity index (χ0n) is 8.59. The number of Topliss-reactive ketones (excluding diaryl/α,β-unsaturated/α-hetero) is 1. The lowest BCUT2D eigenvalue weighted by molar-refractivity contribution is 0.0788. The SMILES string of the molecule is COC(C)CC(=O)c1cccc(Br)c1F. The molecule has 0 N–H and O–H groups in total. The largest absolute Gasteiger partial charge is 0.381 e. The maximum Gasteiger partial charge on any atom is 0.168 e. The number of carbonyl (C=O) groups is 1. The van der Waals surface area contributed by atoms with Crippen molar-refractivity contribution in [1.82, 2.24) is 0 Å². The molecule has 0 saturated carbocycles. The molecule has 0 fully saturated rings. The first-order valence-corrected chi connectivity index (χ1v) is 5.35. The van der Waals surface area contributed by atoms with Gasteiger partial charge >= 0.3 is 0 Å². The van der Waals surface area contributed by atoms with Crippen LogP contribution in [0.15, 0.2) is 22.7 Å². The molecule has 0 aliphatic rings. The van der Waals surface area contributed by atoms with E-state index in [2.05, 4.69) is 15.9 Å². The summed E-state index contributed by atoms with van der Waals surface area (Å²) in [7, 11) is 1.52. The van der Waals surface area contributed by atoms with Crippen LogP contribution in [0.5, 0.6) is 0 Å². The Morgan fingerprint density at radius 2 is 2.27 bits per heavy atom. The number of carbonyl (C=O) groups excluding carboxylic acids is 1. The van der Waals surface area contributed by atoms with Gasteiger partial charge in [-0.15, -0.1) is 0 Å². The van der Waals surface area contributed by atoms with E-state index in [0.29, 0.717) is 4.47 Å². The number of rotatable bonds is 4. The topological polar surface area (TPSA) is 26.3 Å². The Kier molecular flexibility index (Phi) is 4.42. The van der Waals surface area contributed by atoms with Crippen molar-refractivity contribution in [2.45, 2.75) is 19.4 Å². The fourth-order valence-corrected chi connectivity index (χ4v) is 1.54. The van der Waals surface area contributed by atoms with Gasteiger partial charge in [0.15, 0.2) is 5.78 Å².